The fourth-order valence-corrected chi connectivity index (χ4v) is 5.84. The predicted molar refractivity (Wildman–Crippen MR) is 145 cm³/mol. The van der Waals surface area contributed by atoms with Gasteiger partial charge in [0.1, 0.15) is 11.9 Å². The van der Waals surface area contributed by atoms with Crippen molar-refractivity contribution in [1.82, 2.24) is 0 Å². The Morgan fingerprint density at radius 1 is 0.763 bits per heavy atom. The summed E-state index contributed by atoms with van der Waals surface area (Å²) < 4.78 is 11.3. The van der Waals surface area contributed by atoms with Crippen LogP contribution in [0.1, 0.15) is 62.5 Å². The van der Waals surface area contributed by atoms with Crippen LogP contribution >= 0.6 is 0 Å². The number of carbonyl (C=O) groups excluding carboxylic acids is 2. The first kappa shape index (κ1) is 23.8. The molecule has 2 aliphatic rings. The molecule has 38 heavy (non-hydrogen) atoms. The minimum absolute atomic E-state index is 0.0352. The van der Waals surface area contributed by atoms with Gasteiger partial charge in [-0.15, -0.1) is 0 Å². The highest BCUT2D eigenvalue weighted by atomic mass is 16.6. The second-order valence-electron chi connectivity index (χ2n) is 9.70. The van der Waals surface area contributed by atoms with Gasteiger partial charge in [0.05, 0.1) is 13.0 Å². The van der Waals surface area contributed by atoms with Crippen LogP contribution in [-0.4, -0.2) is 18.9 Å². The highest BCUT2D eigenvalue weighted by Gasteiger charge is 2.55. The zero-order chi connectivity index (χ0) is 26.1. The quantitative estimate of drug-likeness (QED) is 0.180. The molecule has 1 saturated heterocycles. The highest BCUT2D eigenvalue weighted by molar-refractivity contribution is 5.97. The van der Waals surface area contributed by atoms with Gasteiger partial charge in [-0.2, -0.15) is 0 Å². The number of carbonyl (C=O) groups is 2. The zero-order valence-electron chi connectivity index (χ0n) is 21.0. The van der Waals surface area contributed by atoms with Gasteiger partial charge in [-0.1, -0.05) is 84.6 Å². The van der Waals surface area contributed by atoms with Gasteiger partial charge in [0, 0.05) is 40.5 Å². The maximum atomic E-state index is 13.4. The van der Waals surface area contributed by atoms with E-state index in [0.29, 0.717) is 5.56 Å². The van der Waals surface area contributed by atoms with Crippen molar-refractivity contribution >= 4 is 11.8 Å². The molecule has 0 aromatic heterocycles. The summed E-state index contributed by atoms with van der Waals surface area (Å²) in [6.45, 7) is 0. The van der Waals surface area contributed by atoms with Crippen LogP contribution in [-0.2, 0) is 9.53 Å². The second-order valence-corrected chi connectivity index (χ2v) is 9.70. The van der Waals surface area contributed by atoms with Crippen LogP contribution in [0.5, 0.6) is 5.75 Å². The molecule has 0 bridgehead atoms. The number of methoxy groups -OCH3 is 1. The molecule has 4 heteroatoms. The third-order valence-electron chi connectivity index (χ3n) is 7.62. The van der Waals surface area contributed by atoms with Crippen LogP contribution in [0.3, 0.4) is 0 Å². The SMILES string of the molecule is COc1ccc(C#Cc2ccccc2[C@H]2OC(=O)[C@@H]3[C@H]2c2ccccc2[C@@H]3CC(=O)c2ccccc2)cc1. The van der Waals surface area contributed by atoms with E-state index in [-0.39, 0.29) is 30.0 Å². The van der Waals surface area contributed by atoms with E-state index in [2.05, 4.69) is 24.0 Å². The van der Waals surface area contributed by atoms with Gasteiger partial charge in [0.2, 0.25) is 0 Å². The lowest BCUT2D eigenvalue weighted by Gasteiger charge is -2.19. The summed E-state index contributed by atoms with van der Waals surface area (Å²) in [5.41, 5.74) is 5.39. The van der Waals surface area contributed by atoms with Gasteiger partial charge in [-0.3, -0.25) is 9.59 Å². The number of rotatable bonds is 5. The Morgan fingerprint density at radius 2 is 1.42 bits per heavy atom. The molecule has 4 aromatic carbocycles. The van der Waals surface area contributed by atoms with E-state index in [1.165, 1.54) is 0 Å². The first-order valence-electron chi connectivity index (χ1n) is 12.8. The molecule has 0 radical (unpaired) electrons. The number of cyclic esters (lactones) is 1. The Morgan fingerprint density at radius 3 is 2.16 bits per heavy atom. The minimum Gasteiger partial charge on any atom is -0.497 e. The first-order chi connectivity index (χ1) is 18.6. The normalized spacial score (nSPS) is 21.0. The van der Waals surface area contributed by atoms with Crippen LogP contribution in [0, 0.1) is 17.8 Å². The lowest BCUT2D eigenvalue weighted by atomic mass is 9.81. The molecule has 1 fully saturated rings. The van der Waals surface area contributed by atoms with Crippen LogP contribution in [0.4, 0.5) is 0 Å². The molecule has 0 N–H and O–H groups in total. The Kier molecular flexibility index (Phi) is 6.27. The van der Waals surface area contributed by atoms with E-state index >= 15 is 0 Å². The molecule has 1 aliphatic carbocycles. The third kappa shape index (κ3) is 4.27. The van der Waals surface area contributed by atoms with Crippen LogP contribution < -0.4 is 4.74 Å². The number of benzene rings is 4. The average molecular weight is 499 g/mol. The summed E-state index contributed by atoms with van der Waals surface area (Å²) >= 11 is 0. The van der Waals surface area contributed by atoms with Crippen LogP contribution in [0.2, 0.25) is 0 Å². The van der Waals surface area contributed by atoms with Crippen LogP contribution in [0.15, 0.2) is 103 Å². The maximum Gasteiger partial charge on any atom is 0.310 e. The van der Waals surface area contributed by atoms with Crippen molar-refractivity contribution in [2.45, 2.75) is 24.4 Å². The van der Waals surface area contributed by atoms with Crippen molar-refractivity contribution < 1.29 is 19.1 Å². The highest BCUT2D eigenvalue weighted by Crippen LogP contribution is 2.59. The summed E-state index contributed by atoms with van der Waals surface area (Å²) in [5.74, 6) is 6.28. The molecule has 186 valence electrons. The number of ketones is 1. The molecule has 4 atom stereocenters. The Bertz CT molecular complexity index is 1560. The second kappa shape index (κ2) is 10.0. The number of esters is 1. The molecule has 1 heterocycles. The molecular weight excluding hydrogens is 472 g/mol. The van der Waals surface area contributed by atoms with Gasteiger partial charge >= 0.3 is 5.97 Å². The Hall–Kier alpha value is -4.62. The van der Waals surface area contributed by atoms with Gasteiger partial charge in [0.15, 0.2) is 5.78 Å². The average Bonchev–Trinajstić information content (AvgIpc) is 3.48. The van der Waals surface area contributed by atoms with E-state index in [0.717, 1.165) is 33.6 Å². The fraction of sp³-hybridized carbons (Fsp3) is 0.176. The lowest BCUT2D eigenvalue weighted by molar-refractivity contribution is -0.145. The van der Waals surface area contributed by atoms with E-state index in [1.54, 1.807) is 7.11 Å². The van der Waals surface area contributed by atoms with Crippen molar-refractivity contribution in [3.05, 3.63) is 137 Å². The van der Waals surface area contributed by atoms with Crippen molar-refractivity contribution in [1.29, 1.82) is 0 Å². The Labute approximate surface area is 222 Å². The van der Waals surface area contributed by atoms with Crippen molar-refractivity contribution in [2.24, 2.45) is 5.92 Å². The molecule has 4 aromatic rings. The van der Waals surface area contributed by atoms with E-state index in [9.17, 15) is 9.59 Å². The van der Waals surface area contributed by atoms with E-state index in [4.69, 9.17) is 9.47 Å². The number of ether oxygens (including phenoxy) is 2. The smallest absolute Gasteiger partial charge is 0.310 e. The van der Waals surface area contributed by atoms with Gasteiger partial charge < -0.3 is 9.47 Å². The molecule has 0 spiro atoms. The van der Waals surface area contributed by atoms with Gasteiger partial charge in [-0.25, -0.2) is 0 Å². The maximum absolute atomic E-state index is 13.4. The van der Waals surface area contributed by atoms with Gasteiger partial charge in [-0.05, 0) is 41.5 Å². The topological polar surface area (TPSA) is 52.6 Å². The van der Waals surface area contributed by atoms with Gasteiger partial charge in [0.25, 0.3) is 0 Å². The summed E-state index contributed by atoms with van der Waals surface area (Å²) in [7, 11) is 1.64. The largest absolute Gasteiger partial charge is 0.497 e. The standard InChI is InChI=1S/C34H26O4/c1-37-25-19-16-22(17-20-25)15-18-23-9-5-6-12-26(23)33-31-28-14-8-7-13-27(28)29(32(31)34(36)38-33)21-30(35)24-10-3-2-4-11-24/h2-14,16-17,19-20,29,31-33H,21H2,1H3/t29-,31+,32-,33+/m0/s1. The summed E-state index contributed by atoms with van der Waals surface area (Å²) in [6.07, 6.45) is -0.199. The minimum atomic E-state index is -0.466. The first-order valence-corrected chi connectivity index (χ1v) is 12.8. The predicted octanol–water partition coefficient (Wildman–Crippen LogP) is 6.46. The Balaban J connectivity index is 1.35. The number of fused-ring (bicyclic) bond motifs is 3. The summed E-state index contributed by atoms with van der Waals surface area (Å²) in [5, 5.41) is 0. The number of hydrogen-bond donors (Lipinski definition) is 0. The summed E-state index contributed by atoms with van der Waals surface area (Å²) in [4.78, 5) is 26.6. The number of hydrogen-bond acceptors (Lipinski definition) is 4. The summed E-state index contributed by atoms with van der Waals surface area (Å²) in [6, 6.07) is 32.8. The number of Topliss-reactive ketones (excluding diaryl/α,β-unsaturated/α-hetero) is 1. The molecule has 0 amide bonds. The molecule has 6 rings (SSSR count). The lowest BCUT2D eigenvalue weighted by Crippen LogP contribution is -2.19. The van der Waals surface area contributed by atoms with Crippen molar-refractivity contribution in [3.63, 3.8) is 0 Å². The van der Waals surface area contributed by atoms with Crippen LogP contribution in [0.25, 0.3) is 0 Å². The molecule has 0 saturated carbocycles. The van der Waals surface area contributed by atoms with E-state index in [1.807, 2.05) is 91.0 Å². The van der Waals surface area contributed by atoms with Crippen molar-refractivity contribution in [2.75, 3.05) is 7.11 Å². The monoisotopic (exact) mass is 498 g/mol. The fourth-order valence-electron chi connectivity index (χ4n) is 5.84. The molecular formula is C34H26O4. The molecule has 1 aliphatic heterocycles. The molecule has 0 unspecified atom stereocenters. The molecule has 4 nitrogen and oxygen atoms in total. The zero-order valence-corrected chi connectivity index (χ0v) is 21.0. The van der Waals surface area contributed by atoms with Crippen molar-refractivity contribution in [3.8, 4) is 17.6 Å². The third-order valence-corrected chi connectivity index (χ3v) is 7.62. The van der Waals surface area contributed by atoms with E-state index < -0.39 is 12.0 Å².